The van der Waals surface area contributed by atoms with Crippen LogP contribution in [0.2, 0.25) is 0 Å². The Balaban J connectivity index is 1.60. The first-order valence-electron chi connectivity index (χ1n) is 9.17. The Hall–Kier alpha value is -3.80. The van der Waals surface area contributed by atoms with E-state index in [1.807, 2.05) is 41.9 Å². The van der Waals surface area contributed by atoms with Crippen molar-refractivity contribution in [3.05, 3.63) is 102 Å². The van der Waals surface area contributed by atoms with Gasteiger partial charge in [-0.1, -0.05) is 36.4 Å². The van der Waals surface area contributed by atoms with Crippen LogP contribution in [0.25, 0.3) is 17.0 Å². The van der Waals surface area contributed by atoms with Gasteiger partial charge in [0, 0.05) is 42.7 Å². The van der Waals surface area contributed by atoms with Crippen LogP contribution in [-0.2, 0) is 11.8 Å². The van der Waals surface area contributed by atoms with Crippen molar-refractivity contribution >= 4 is 22.9 Å². The highest BCUT2D eigenvalue weighted by Gasteiger charge is 2.20. The minimum atomic E-state index is -0.501. The molecule has 4 rings (SSSR count). The van der Waals surface area contributed by atoms with Crippen molar-refractivity contribution in [2.75, 3.05) is 0 Å². The minimum Gasteiger partial charge on any atom is -0.339 e. The second-order valence-corrected chi connectivity index (χ2v) is 6.65. The third kappa shape index (κ3) is 4.06. The van der Waals surface area contributed by atoms with E-state index in [9.17, 15) is 9.18 Å². The Labute approximate surface area is 167 Å². The van der Waals surface area contributed by atoms with Gasteiger partial charge < -0.3 is 9.88 Å². The Kier molecular flexibility index (Phi) is 5.16. The molecule has 5 nitrogen and oxygen atoms in total. The van der Waals surface area contributed by atoms with Gasteiger partial charge in [-0.15, -0.1) is 0 Å². The Morgan fingerprint density at radius 1 is 1.07 bits per heavy atom. The number of benzene rings is 2. The summed E-state index contributed by atoms with van der Waals surface area (Å²) in [5, 5.41) is 3.97. The van der Waals surface area contributed by atoms with Crippen LogP contribution in [0.1, 0.15) is 23.0 Å². The lowest BCUT2D eigenvalue weighted by Gasteiger charge is -2.18. The molecular formula is C23H19FN4O. The number of para-hydroxylation sites is 1. The Bertz CT molecular complexity index is 1180. The molecule has 6 heteroatoms. The number of halogens is 1. The molecule has 0 spiro atoms. The van der Waals surface area contributed by atoms with Crippen LogP contribution >= 0.6 is 0 Å². The maximum absolute atomic E-state index is 13.3. The summed E-state index contributed by atoms with van der Waals surface area (Å²) in [7, 11) is 1.85. The van der Waals surface area contributed by atoms with E-state index in [1.165, 1.54) is 18.2 Å². The van der Waals surface area contributed by atoms with Gasteiger partial charge in [-0.2, -0.15) is 0 Å². The summed E-state index contributed by atoms with van der Waals surface area (Å²) in [6, 6.07) is 15.2. The molecule has 1 atom stereocenters. The summed E-state index contributed by atoms with van der Waals surface area (Å²) >= 11 is 0. The molecule has 0 saturated heterocycles. The average Bonchev–Trinajstić information content (AvgIpc) is 3.17. The number of hydrogen-bond donors (Lipinski definition) is 1. The summed E-state index contributed by atoms with van der Waals surface area (Å²) < 4.78 is 15.2. The number of nitrogens with one attached hydrogen (secondary N) is 1. The fourth-order valence-electron chi connectivity index (χ4n) is 3.23. The van der Waals surface area contributed by atoms with Gasteiger partial charge in [0.1, 0.15) is 17.7 Å². The molecule has 2 aromatic carbocycles. The normalized spacial score (nSPS) is 12.3. The number of fused-ring (bicyclic) bond motifs is 1. The number of carbonyl (C=O) groups is 1. The molecule has 2 heterocycles. The van der Waals surface area contributed by atoms with Gasteiger partial charge in [-0.05, 0) is 29.8 Å². The summed E-state index contributed by atoms with van der Waals surface area (Å²) in [6.07, 6.45) is 8.41. The van der Waals surface area contributed by atoms with Gasteiger partial charge in [0.25, 0.3) is 0 Å². The molecular weight excluding hydrogens is 367 g/mol. The Morgan fingerprint density at radius 3 is 2.62 bits per heavy atom. The van der Waals surface area contributed by atoms with Crippen molar-refractivity contribution in [2.45, 2.75) is 6.04 Å². The molecule has 0 aliphatic heterocycles. The monoisotopic (exact) mass is 386 g/mol. The molecule has 144 valence electrons. The third-order valence-electron chi connectivity index (χ3n) is 4.68. The number of carbonyl (C=O) groups excluding carboxylic acids is 1. The van der Waals surface area contributed by atoms with E-state index in [4.69, 9.17) is 0 Å². The SMILES string of the molecule is Cn1ccnc1C(NC(=O)/C=C/c1cccc2cccnc12)c1ccc(F)cc1. The van der Waals surface area contributed by atoms with E-state index in [2.05, 4.69) is 15.3 Å². The van der Waals surface area contributed by atoms with Crippen LogP contribution < -0.4 is 5.32 Å². The van der Waals surface area contributed by atoms with Gasteiger partial charge in [0.2, 0.25) is 5.91 Å². The summed E-state index contributed by atoms with van der Waals surface area (Å²) in [4.78, 5) is 21.4. The second kappa shape index (κ2) is 8.06. The molecule has 0 radical (unpaired) electrons. The van der Waals surface area contributed by atoms with Crippen LogP contribution in [0.4, 0.5) is 4.39 Å². The molecule has 1 amide bonds. The zero-order valence-corrected chi connectivity index (χ0v) is 15.8. The highest BCUT2D eigenvalue weighted by Crippen LogP contribution is 2.21. The van der Waals surface area contributed by atoms with Gasteiger partial charge in [-0.25, -0.2) is 9.37 Å². The van der Waals surface area contributed by atoms with Gasteiger partial charge in [0.15, 0.2) is 0 Å². The van der Waals surface area contributed by atoms with E-state index >= 15 is 0 Å². The molecule has 1 unspecified atom stereocenters. The predicted octanol–water partition coefficient (Wildman–Crippen LogP) is 4.03. The van der Waals surface area contributed by atoms with E-state index in [0.29, 0.717) is 5.82 Å². The smallest absolute Gasteiger partial charge is 0.244 e. The number of pyridine rings is 1. The van der Waals surface area contributed by atoms with Gasteiger partial charge in [0.05, 0.1) is 5.52 Å². The predicted molar refractivity (Wildman–Crippen MR) is 110 cm³/mol. The maximum atomic E-state index is 13.3. The van der Waals surface area contributed by atoms with E-state index in [-0.39, 0.29) is 11.7 Å². The van der Waals surface area contributed by atoms with E-state index in [0.717, 1.165) is 22.0 Å². The van der Waals surface area contributed by atoms with Crippen molar-refractivity contribution in [2.24, 2.45) is 7.05 Å². The summed E-state index contributed by atoms with van der Waals surface area (Å²) in [6.45, 7) is 0. The fraction of sp³-hybridized carbons (Fsp3) is 0.0870. The minimum absolute atomic E-state index is 0.282. The molecule has 0 aliphatic carbocycles. The van der Waals surface area contributed by atoms with Crippen molar-refractivity contribution in [3.63, 3.8) is 0 Å². The average molecular weight is 386 g/mol. The quantitative estimate of drug-likeness (QED) is 0.527. The highest BCUT2D eigenvalue weighted by molar-refractivity contribution is 5.95. The number of rotatable bonds is 5. The topological polar surface area (TPSA) is 59.8 Å². The van der Waals surface area contributed by atoms with Crippen molar-refractivity contribution in [3.8, 4) is 0 Å². The molecule has 0 fully saturated rings. The lowest BCUT2D eigenvalue weighted by atomic mass is 10.1. The second-order valence-electron chi connectivity index (χ2n) is 6.65. The van der Waals surface area contributed by atoms with Crippen LogP contribution in [0.3, 0.4) is 0 Å². The highest BCUT2D eigenvalue weighted by atomic mass is 19.1. The van der Waals surface area contributed by atoms with Crippen LogP contribution in [-0.4, -0.2) is 20.4 Å². The molecule has 0 bridgehead atoms. The first-order valence-corrected chi connectivity index (χ1v) is 9.17. The molecule has 0 aliphatic rings. The summed E-state index contributed by atoms with van der Waals surface area (Å²) in [5.41, 5.74) is 2.43. The lowest BCUT2D eigenvalue weighted by molar-refractivity contribution is -0.117. The van der Waals surface area contributed by atoms with E-state index < -0.39 is 6.04 Å². The number of hydrogen-bond acceptors (Lipinski definition) is 3. The first-order chi connectivity index (χ1) is 14.1. The third-order valence-corrected chi connectivity index (χ3v) is 4.68. The molecule has 4 aromatic rings. The lowest BCUT2D eigenvalue weighted by Crippen LogP contribution is -2.29. The molecule has 1 N–H and O–H groups in total. The van der Waals surface area contributed by atoms with Gasteiger partial charge in [-0.3, -0.25) is 9.78 Å². The van der Waals surface area contributed by atoms with Crippen LogP contribution in [0.5, 0.6) is 0 Å². The first kappa shape index (κ1) is 18.6. The zero-order chi connectivity index (χ0) is 20.2. The molecule has 2 aromatic heterocycles. The van der Waals surface area contributed by atoms with Crippen LogP contribution in [0.15, 0.2) is 79.3 Å². The number of aromatic nitrogens is 3. The van der Waals surface area contributed by atoms with Crippen molar-refractivity contribution in [1.82, 2.24) is 19.9 Å². The maximum Gasteiger partial charge on any atom is 0.244 e. The molecule has 0 saturated carbocycles. The molecule has 29 heavy (non-hydrogen) atoms. The van der Waals surface area contributed by atoms with Crippen LogP contribution in [0, 0.1) is 5.82 Å². The van der Waals surface area contributed by atoms with Gasteiger partial charge >= 0.3 is 0 Å². The number of amides is 1. The van der Waals surface area contributed by atoms with E-state index in [1.54, 1.807) is 36.8 Å². The number of imidazole rings is 1. The fourth-order valence-corrected chi connectivity index (χ4v) is 3.23. The Morgan fingerprint density at radius 2 is 1.86 bits per heavy atom. The van der Waals surface area contributed by atoms with Crippen molar-refractivity contribution in [1.29, 1.82) is 0 Å². The van der Waals surface area contributed by atoms with Crippen molar-refractivity contribution < 1.29 is 9.18 Å². The standard InChI is InChI=1S/C23H19FN4O/c1-28-15-14-26-23(28)22(18-7-10-19(24)11-8-18)27-20(29)12-9-17-5-2-4-16-6-3-13-25-21(16)17/h2-15,22H,1H3,(H,27,29)/b12-9+. The zero-order valence-electron chi connectivity index (χ0n) is 15.8. The largest absolute Gasteiger partial charge is 0.339 e. The summed E-state index contributed by atoms with van der Waals surface area (Å²) in [5.74, 6) is 0.0439. The number of nitrogens with zero attached hydrogens (tertiary/aromatic N) is 3. The number of aryl methyl sites for hydroxylation is 1.